The first-order valence-electron chi connectivity index (χ1n) is 17.2. The smallest absolute Gasteiger partial charge is 0.348 e. The van der Waals surface area contributed by atoms with Gasteiger partial charge in [0, 0.05) is 49.7 Å². The summed E-state index contributed by atoms with van der Waals surface area (Å²) >= 11 is 0. The number of ketones is 2. The minimum atomic E-state index is -1.64. The van der Waals surface area contributed by atoms with Crippen LogP contribution >= 0.6 is 0 Å². The minimum Gasteiger partial charge on any atom is -0.875 e. The molecule has 0 bridgehead atoms. The van der Waals surface area contributed by atoms with Crippen molar-refractivity contribution in [1.82, 2.24) is 0 Å². The monoisotopic (exact) mass is 714 g/mol. The molecule has 0 unspecified atom stereocenters. The van der Waals surface area contributed by atoms with Gasteiger partial charge in [-0.15, -0.1) is 11.5 Å². The fourth-order valence-corrected chi connectivity index (χ4v) is 6.69. The van der Waals surface area contributed by atoms with Crippen molar-refractivity contribution in [1.29, 1.82) is 0 Å². The van der Waals surface area contributed by atoms with E-state index in [2.05, 4.69) is 0 Å². The fraction of sp³-hybridized carbons (Fsp3) is 0.450. The molecule has 3 aliphatic carbocycles. The second-order valence-corrected chi connectivity index (χ2v) is 15.6. The predicted octanol–water partition coefficient (Wildman–Crippen LogP) is 4.02. The quantitative estimate of drug-likeness (QED) is 0.167. The first-order valence-corrected chi connectivity index (χ1v) is 17.2. The fourth-order valence-electron chi connectivity index (χ4n) is 6.69. The zero-order valence-electron chi connectivity index (χ0n) is 30.2. The van der Waals surface area contributed by atoms with Crippen molar-refractivity contribution in [3.63, 3.8) is 0 Å². The highest BCUT2D eigenvalue weighted by Crippen LogP contribution is 2.45. The first-order chi connectivity index (χ1) is 24.2. The highest BCUT2D eigenvalue weighted by atomic mass is 16.8. The lowest BCUT2D eigenvalue weighted by Gasteiger charge is -2.46. The Morgan fingerprint density at radius 3 is 1.13 bits per heavy atom. The topological polar surface area (TPSA) is 185 Å². The maximum atomic E-state index is 12.9. The lowest BCUT2D eigenvalue weighted by atomic mass is 9.76. The molecule has 1 saturated carbocycles. The Labute approximate surface area is 301 Å². The van der Waals surface area contributed by atoms with E-state index < -0.39 is 35.5 Å². The van der Waals surface area contributed by atoms with Gasteiger partial charge in [-0.2, -0.15) is 0 Å². The minimum absolute atomic E-state index is 0.107. The molecule has 5 rings (SSSR count). The largest absolute Gasteiger partial charge is 0.875 e. The first kappa shape index (κ1) is 38.0. The zero-order valence-corrected chi connectivity index (χ0v) is 30.2. The van der Waals surface area contributed by atoms with Crippen LogP contribution in [0.4, 0.5) is 0 Å². The average molecular weight is 715 g/mol. The van der Waals surface area contributed by atoms with E-state index in [1.807, 2.05) is 27.7 Å². The van der Waals surface area contributed by atoms with Crippen molar-refractivity contribution >= 4 is 35.4 Å². The van der Waals surface area contributed by atoms with Crippen LogP contribution in [0.25, 0.3) is 0 Å². The molecule has 0 radical (unpaired) electrons. The molecule has 0 atom stereocenters. The Hall–Kier alpha value is -5.26. The standard InChI is InChI=1S/C40H44O12/c1-23(7-11-25-29(41)19-37(3,4)20-30(25)42)9-13-27-33(45)49-39(50-34(27)46)15-17-40(18-16-39)51-35(47)28(36(48)52-40)14-10-24(2)8-12-26-31(43)21-38(5,6)22-32(26)44/h7-14,41,43H,15-22H2,1-6H3/p-2/b11-7+,12-8+,23-9+,24-10+,27-13?,28-14?. The Bertz CT molecular complexity index is 1700. The molecule has 0 aromatic rings. The number of ether oxygens (including phenoxy) is 4. The molecule has 0 aromatic carbocycles. The van der Waals surface area contributed by atoms with Crippen molar-refractivity contribution in [3.05, 3.63) is 93.6 Å². The second-order valence-electron chi connectivity index (χ2n) is 15.6. The SMILES string of the molecule is CC(/C=C/C1=C([O-])CC(C)(C)CC1=O)=C\C=C1C(=O)OC2(CCC3(CC2)OC(=O)C(=C/C=C(C)/C=C/C2=C([O-])CC(C)(C)CC2=O)C(=O)O3)OC1=O. The van der Waals surface area contributed by atoms with E-state index in [-0.39, 0.29) is 108 Å². The molecule has 5 aliphatic rings. The van der Waals surface area contributed by atoms with Crippen LogP contribution in [0, 0.1) is 10.8 Å². The number of rotatable bonds is 6. The van der Waals surface area contributed by atoms with Crippen molar-refractivity contribution in [2.45, 2.75) is 104 Å². The van der Waals surface area contributed by atoms with Crippen LogP contribution in [0.2, 0.25) is 0 Å². The number of esters is 4. The third-order valence-electron chi connectivity index (χ3n) is 9.58. The maximum Gasteiger partial charge on any atom is 0.348 e. The van der Waals surface area contributed by atoms with Crippen molar-refractivity contribution < 1.29 is 57.9 Å². The average Bonchev–Trinajstić information content (AvgIpc) is 3.00. The van der Waals surface area contributed by atoms with Crippen LogP contribution in [0.5, 0.6) is 0 Å². The van der Waals surface area contributed by atoms with Gasteiger partial charge in [0.15, 0.2) is 11.6 Å². The Balaban J connectivity index is 1.18. The maximum absolute atomic E-state index is 12.9. The Morgan fingerprint density at radius 1 is 0.538 bits per heavy atom. The molecule has 276 valence electrons. The molecular weight excluding hydrogens is 672 g/mol. The van der Waals surface area contributed by atoms with Gasteiger partial charge in [0.2, 0.25) is 0 Å². The van der Waals surface area contributed by atoms with Crippen molar-refractivity contribution in [2.24, 2.45) is 10.8 Å². The third kappa shape index (κ3) is 8.43. The van der Waals surface area contributed by atoms with Crippen LogP contribution in [0.1, 0.15) is 92.9 Å². The summed E-state index contributed by atoms with van der Waals surface area (Å²) in [5.74, 6) is -7.91. The third-order valence-corrected chi connectivity index (χ3v) is 9.58. The summed E-state index contributed by atoms with van der Waals surface area (Å²) in [4.78, 5) is 76.5. The molecule has 12 nitrogen and oxygen atoms in total. The summed E-state index contributed by atoms with van der Waals surface area (Å²) in [6.45, 7) is 10.8. The summed E-state index contributed by atoms with van der Waals surface area (Å²) in [6.07, 6.45) is 12.0. The van der Waals surface area contributed by atoms with Crippen LogP contribution in [-0.4, -0.2) is 47.0 Å². The van der Waals surface area contributed by atoms with E-state index >= 15 is 0 Å². The van der Waals surface area contributed by atoms with E-state index in [1.54, 1.807) is 26.0 Å². The van der Waals surface area contributed by atoms with E-state index in [0.29, 0.717) is 11.1 Å². The Kier molecular flexibility index (Phi) is 10.3. The van der Waals surface area contributed by atoms with Gasteiger partial charge in [-0.25, -0.2) is 19.2 Å². The molecule has 2 saturated heterocycles. The number of carbonyl (C=O) groups excluding carboxylic acids is 6. The van der Waals surface area contributed by atoms with E-state index in [0.717, 1.165) is 0 Å². The van der Waals surface area contributed by atoms with Gasteiger partial charge in [-0.3, -0.25) is 9.59 Å². The van der Waals surface area contributed by atoms with Gasteiger partial charge < -0.3 is 29.2 Å². The predicted molar refractivity (Wildman–Crippen MR) is 180 cm³/mol. The van der Waals surface area contributed by atoms with Gasteiger partial charge in [0.25, 0.3) is 11.6 Å². The van der Waals surface area contributed by atoms with Crippen LogP contribution in [0.3, 0.4) is 0 Å². The summed E-state index contributed by atoms with van der Waals surface area (Å²) in [6, 6.07) is 0. The van der Waals surface area contributed by atoms with Crippen molar-refractivity contribution in [2.75, 3.05) is 0 Å². The molecule has 0 aromatic heterocycles. The number of hydrogen-bond acceptors (Lipinski definition) is 12. The summed E-state index contributed by atoms with van der Waals surface area (Å²) in [7, 11) is 0. The molecule has 2 heterocycles. The van der Waals surface area contributed by atoms with Crippen LogP contribution in [0.15, 0.2) is 93.6 Å². The lowest BCUT2D eigenvalue weighted by Crippen LogP contribution is -2.56. The van der Waals surface area contributed by atoms with E-state index in [4.69, 9.17) is 18.9 Å². The molecular formula is C40H42O12-2. The highest BCUT2D eigenvalue weighted by molar-refractivity contribution is 6.16. The van der Waals surface area contributed by atoms with Gasteiger partial charge in [0.05, 0.1) is 0 Å². The van der Waals surface area contributed by atoms with Crippen molar-refractivity contribution in [3.8, 4) is 0 Å². The number of allylic oxidation sites excluding steroid dienone is 14. The molecule has 12 heteroatoms. The molecule has 3 fully saturated rings. The molecule has 2 spiro atoms. The zero-order chi connectivity index (χ0) is 38.2. The van der Waals surface area contributed by atoms with Gasteiger partial charge in [0.1, 0.15) is 11.1 Å². The number of carbonyl (C=O) groups is 6. The summed E-state index contributed by atoms with van der Waals surface area (Å²) in [5.41, 5.74) is -0.159. The normalized spacial score (nSPS) is 28.5. The summed E-state index contributed by atoms with van der Waals surface area (Å²) < 4.78 is 22.2. The van der Waals surface area contributed by atoms with Gasteiger partial charge in [-0.1, -0.05) is 75.3 Å². The van der Waals surface area contributed by atoms with Crippen LogP contribution in [-0.2, 0) is 47.7 Å². The number of Topliss-reactive ketones (excluding diaryl/α,β-unsaturated/α-hetero) is 2. The summed E-state index contributed by atoms with van der Waals surface area (Å²) in [5, 5.41) is 24.8. The van der Waals surface area contributed by atoms with Gasteiger partial charge >= 0.3 is 23.9 Å². The van der Waals surface area contributed by atoms with E-state index in [9.17, 15) is 39.0 Å². The molecule has 52 heavy (non-hydrogen) atoms. The second kappa shape index (κ2) is 14.0. The van der Waals surface area contributed by atoms with E-state index in [1.165, 1.54) is 36.5 Å². The Morgan fingerprint density at radius 2 is 0.846 bits per heavy atom. The number of hydrogen-bond donors (Lipinski definition) is 0. The lowest BCUT2D eigenvalue weighted by molar-refractivity contribution is -0.312. The highest BCUT2D eigenvalue weighted by Gasteiger charge is 2.56. The molecule has 0 amide bonds. The van der Waals surface area contributed by atoms with Gasteiger partial charge in [-0.05, 0) is 49.7 Å². The molecule has 0 N–H and O–H groups in total. The van der Waals surface area contributed by atoms with Crippen LogP contribution < -0.4 is 10.2 Å². The molecule has 2 aliphatic heterocycles.